The zero-order valence-electron chi connectivity index (χ0n) is 8.05. The minimum atomic E-state index is 0.155. The topological polar surface area (TPSA) is 17.1 Å². The third-order valence-electron chi connectivity index (χ3n) is 2.49. The summed E-state index contributed by atoms with van der Waals surface area (Å²) in [6, 6.07) is 0. The van der Waals surface area contributed by atoms with Gasteiger partial charge in [-0.15, -0.1) is 6.58 Å². The summed E-state index contributed by atoms with van der Waals surface area (Å²) in [6.45, 7) is 8.01. The van der Waals surface area contributed by atoms with Gasteiger partial charge in [0.25, 0.3) is 0 Å². The molecular weight excluding hydrogens is 148 g/mol. The Bertz CT molecular complexity index is 164. The van der Waals surface area contributed by atoms with Crippen molar-refractivity contribution < 1.29 is 4.79 Å². The molecule has 0 aromatic rings. The van der Waals surface area contributed by atoms with Gasteiger partial charge in [0.15, 0.2) is 0 Å². The minimum Gasteiger partial charge on any atom is -0.299 e. The summed E-state index contributed by atoms with van der Waals surface area (Å²) >= 11 is 0. The second kappa shape index (κ2) is 5.76. The van der Waals surface area contributed by atoms with Crippen molar-refractivity contribution in [2.45, 2.75) is 33.1 Å². The smallest absolute Gasteiger partial charge is 0.142 e. The number of rotatable bonds is 6. The van der Waals surface area contributed by atoms with E-state index in [0.29, 0.717) is 0 Å². The van der Waals surface area contributed by atoms with E-state index in [0.717, 1.165) is 25.5 Å². The van der Waals surface area contributed by atoms with Crippen LogP contribution in [0.15, 0.2) is 24.8 Å². The van der Waals surface area contributed by atoms with Crippen LogP contribution in [0.5, 0.6) is 0 Å². The largest absolute Gasteiger partial charge is 0.299 e. The van der Waals surface area contributed by atoms with E-state index in [1.54, 1.807) is 6.08 Å². The first-order chi connectivity index (χ1) is 5.74. The van der Waals surface area contributed by atoms with Gasteiger partial charge < -0.3 is 0 Å². The normalized spacial score (nSPS) is 11.8. The van der Waals surface area contributed by atoms with Crippen LogP contribution in [-0.4, -0.2) is 6.29 Å². The molecule has 68 valence electrons. The van der Waals surface area contributed by atoms with Crippen LogP contribution in [0.25, 0.3) is 0 Å². The van der Waals surface area contributed by atoms with E-state index in [2.05, 4.69) is 20.4 Å². The average Bonchev–Trinajstić information content (AvgIpc) is 2.13. The lowest BCUT2D eigenvalue weighted by Gasteiger charge is -2.26. The summed E-state index contributed by atoms with van der Waals surface area (Å²) < 4.78 is 0. The summed E-state index contributed by atoms with van der Waals surface area (Å²) in [6.07, 6.45) is 9.41. The van der Waals surface area contributed by atoms with Gasteiger partial charge in [-0.3, -0.25) is 4.79 Å². The monoisotopic (exact) mass is 166 g/mol. The summed E-state index contributed by atoms with van der Waals surface area (Å²) in [7, 11) is 0. The third kappa shape index (κ3) is 3.04. The van der Waals surface area contributed by atoms with Crippen molar-refractivity contribution in [1.29, 1.82) is 0 Å². The molecule has 0 aromatic carbocycles. The van der Waals surface area contributed by atoms with E-state index in [-0.39, 0.29) is 5.41 Å². The Labute approximate surface area is 75.2 Å². The molecule has 0 aliphatic rings. The molecule has 0 radical (unpaired) electrons. The van der Waals surface area contributed by atoms with Crippen molar-refractivity contribution in [3.8, 4) is 0 Å². The van der Waals surface area contributed by atoms with Crippen LogP contribution < -0.4 is 0 Å². The van der Waals surface area contributed by atoms with Crippen molar-refractivity contribution in [2.75, 3.05) is 0 Å². The van der Waals surface area contributed by atoms with Crippen LogP contribution in [0.2, 0.25) is 0 Å². The van der Waals surface area contributed by atoms with Gasteiger partial charge in [0, 0.05) is 0 Å². The molecule has 0 bridgehead atoms. The standard InChI is InChI=1S/C11H18O/c1-4-8-11(5-2,6-3)9-7-10-12/h4,7,9-10H,1,5-6,8H2,2-3H3/b9-7+. The minimum absolute atomic E-state index is 0.155. The second-order valence-corrected chi connectivity index (χ2v) is 3.06. The Hall–Kier alpha value is -0.850. The van der Waals surface area contributed by atoms with Crippen LogP contribution in [0.3, 0.4) is 0 Å². The Morgan fingerprint density at radius 3 is 2.25 bits per heavy atom. The van der Waals surface area contributed by atoms with Crippen molar-refractivity contribution in [3.05, 3.63) is 24.8 Å². The molecule has 0 spiro atoms. The summed E-state index contributed by atoms with van der Waals surface area (Å²) in [5.74, 6) is 0. The number of hydrogen-bond acceptors (Lipinski definition) is 1. The molecule has 0 amide bonds. The molecule has 0 unspecified atom stereocenters. The van der Waals surface area contributed by atoms with Gasteiger partial charge in [-0.25, -0.2) is 0 Å². The Balaban J connectivity index is 4.43. The van der Waals surface area contributed by atoms with Gasteiger partial charge in [-0.1, -0.05) is 26.0 Å². The van der Waals surface area contributed by atoms with Crippen LogP contribution in [0.1, 0.15) is 33.1 Å². The summed E-state index contributed by atoms with van der Waals surface area (Å²) in [4.78, 5) is 10.2. The molecule has 0 aliphatic heterocycles. The first-order valence-electron chi connectivity index (χ1n) is 4.48. The lowest BCUT2D eigenvalue weighted by molar-refractivity contribution is -0.104. The molecule has 12 heavy (non-hydrogen) atoms. The molecule has 1 heteroatoms. The lowest BCUT2D eigenvalue weighted by Crippen LogP contribution is -2.14. The van der Waals surface area contributed by atoms with Crippen molar-refractivity contribution in [1.82, 2.24) is 0 Å². The third-order valence-corrected chi connectivity index (χ3v) is 2.49. The fourth-order valence-electron chi connectivity index (χ4n) is 1.37. The molecular formula is C11H18O. The number of carbonyl (C=O) groups is 1. The number of carbonyl (C=O) groups excluding carboxylic acids is 1. The van der Waals surface area contributed by atoms with Crippen LogP contribution in [-0.2, 0) is 4.79 Å². The summed E-state index contributed by atoms with van der Waals surface area (Å²) in [5, 5.41) is 0. The van der Waals surface area contributed by atoms with Gasteiger partial charge in [0.1, 0.15) is 6.29 Å². The maximum Gasteiger partial charge on any atom is 0.142 e. The van der Waals surface area contributed by atoms with Crippen molar-refractivity contribution in [3.63, 3.8) is 0 Å². The Kier molecular flexibility index (Phi) is 5.35. The predicted octanol–water partition coefficient (Wildman–Crippen LogP) is 3.12. The maximum absolute atomic E-state index is 10.2. The number of hydrogen-bond donors (Lipinski definition) is 0. The van der Waals surface area contributed by atoms with E-state index in [1.165, 1.54) is 0 Å². The summed E-state index contributed by atoms with van der Waals surface area (Å²) in [5.41, 5.74) is 0.155. The van der Waals surface area contributed by atoms with Gasteiger partial charge in [0.05, 0.1) is 0 Å². The Morgan fingerprint density at radius 2 is 1.92 bits per heavy atom. The number of allylic oxidation sites excluding steroid dienone is 3. The first kappa shape index (κ1) is 11.2. The van der Waals surface area contributed by atoms with E-state index < -0.39 is 0 Å². The maximum atomic E-state index is 10.2. The highest BCUT2D eigenvalue weighted by atomic mass is 16.1. The molecule has 0 saturated heterocycles. The van der Waals surface area contributed by atoms with Gasteiger partial charge in [-0.05, 0) is 30.8 Å². The molecule has 0 heterocycles. The molecule has 0 rings (SSSR count). The zero-order valence-corrected chi connectivity index (χ0v) is 8.05. The molecule has 0 aliphatic carbocycles. The highest BCUT2D eigenvalue weighted by Crippen LogP contribution is 2.32. The van der Waals surface area contributed by atoms with E-state index in [1.807, 2.05) is 12.2 Å². The fourth-order valence-corrected chi connectivity index (χ4v) is 1.37. The highest BCUT2D eigenvalue weighted by molar-refractivity contribution is 5.64. The van der Waals surface area contributed by atoms with Crippen LogP contribution >= 0.6 is 0 Å². The molecule has 0 fully saturated rings. The van der Waals surface area contributed by atoms with Crippen molar-refractivity contribution >= 4 is 6.29 Å². The SMILES string of the molecule is C=CCC(/C=C/C=O)(CC)CC. The highest BCUT2D eigenvalue weighted by Gasteiger charge is 2.20. The van der Waals surface area contributed by atoms with E-state index in [9.17, 15) is 4.79 Å². The molecule has 1 nitrogen and oxygen atoms in total. The van der Waals surface area contributed by atoms with Gasteiger partial charge in [0.2, 0.25) is 0 Å². The molecule has 0 aromatic heterocycles. The second-order valence-electron chi connectivity index (χ2n) is 3.06. The fraction of sp³-hybridized carbons (Fsp3) is 0.545. The number of aldehydes is 1. The average molecular weight is 166 g/mol. The lowest BCUT2D eigenvalue weighted by atomic mass is 9.79. The van der Waals surface area contributed by atoms with Gasteiger partial charge in [-0.2, -0.15) is 0 Å². The molecule has 0 atom stereocenters. The quantitative estimate of drug-likeness (QED) is 0.336. The zero-order chi connectivity index (χ0) is 9.45. The van der Waals surface area contributed by atoms with Gasteiger partial charge >= 0.3 is 0 Å². The van der Waals surface area contributed by atoms with Crippen LogP contribution in [0.4, 0.5) is 0 Å². The predicted molar refractivity (Wildman–Crippen MR) is 53.0 cm³/mol. The van der Waals surface area contributed by atoms with E-state index in [4.69, 9.17) is 0 Å². The first-order valence-corrected chi connectivity index (χ1v) is 4.48. The van der Waals surface area contributed by atoms with Crippen LogP contribution in [0, 0.1) is 5.41 Å². The molecule has 0 saturated carbocycles. The van der Waals surface area contributed by atoms with Crippen molar-refractivity contribution in [2.24, 2.45) is 5.41 Å². The molecule has 0 N–H and O–H groups in total. The Morgan fingerprint density at radius 1 is 1.33 bits per heavy atom. The van der Waals surface area contributed by atoms with E-state index >= 15 is 0 Å².